The Labute approximate surface area is 104 Å². The van der Waals surface area contributed by atoms with Crippen LogP contribution >= 0.6 is 0 Å². The van der Waals surface area contributed by atoms with E-state index in [2.05, 4.69) is 13.8 Å². The molecular weight excluding hydrogens is 212 g/mol. The van der Waals surface area contributed by atoms with Crippen molar-refractivity contribution in [2.24, 2.45) is 28.6 Å². The van der Waals surface area contributed by atoms with E-state index in [-0.39, 0.29) is 5.41 Å². The molecular formula is C15H24O2. The van der Waals surface area contributed by atoms with Crippen molar-refractivity contribution in [1.29, 1.82) is 0 Å². The number of rotatable bonds is 3. The van der Waals surface area contributed by atoms with E-state index in [1.165, 1.54) is 25.7 Å². The van der Waals surface area contributed by atoms with Crippen molar-refractivity contribution >= 4 is 5.97 Å². The predicted molar refractivity (Wildman–Crippen MR) is 66.6 cm³/mol. The van der Waals surface area contributed by atoms with E-state index in [1.807, 2.05) is 0 Å². The number of carboxylic acid groups (broad SMARTS) is 1. The zero-order valence-corrected chi connectivity index (χ0v) is 11.0. The summed E-state index contributed by atoms with van der Waals surface area (Å²) in [5, 5.41) is 9.63. The standard InChI is InChI=1S/C15H24O2/c1-10(2)4-14-5-11-3-12(6-14)8-15(7-11,9-14)13(16)17/h10-12H,3-9H2,1-2H3,(H,16,17). The smallest absolute Gasteiger partial charge is 0.309 e. The lowest BCUT2D eigenvalue weighted by atomic mass is 9.43. The van der Waals surface area contributed by atoms with Crippen molar-refractivity contribution in [1.82, 2.24) is 0 Å². The highest BCUT2D eigenvalue weighted by atomic mass is 16.4. The molecule has 4 saturated carbocycles. The van der Waals surface area contributed by atoms with Gasteiger partial charge in [-0.3, -0.25) is 4.79 Å². The van der Waals surface area contributed by atoms with Gasteiger partial charge in [0.2, 0.25) is 0 Å². The first-order valence-electron chi connectivity index (χ1n) is 7.17. The summed E-state index contributed by atoms with van der Waals surface area (Å²) in [5.41, 5.74) is 0.0512. The largest absolute Gasteiger partial charge is 0.481 e. The number of carbonyl (C=O) groups is 1. The summed E-state index contributed by atoms with van der Waals surface area (Å²) in [6.07, 6.45) is 8.11. The Morgan fingerprint density at radius 1 is 1.24 bits per heavy atom. The van der Waals surface area contributed by atoms with Crippen molar-refractivity contribution in [3.05, 3.63) is 0 Å². The van der Waals surface area contributed by atoms with Crippen LogP contribution in [0.4, 0.5) is 0 Å². The highest BCUT2D eigenvalue weighted by Crippen LogP contribution is 2.66. The van der Waals surface area contributed by atoms with Crippen molar-refractivity contribution in [3.63, 3.8) is 0 Å². The molecule has 2 atom stereocenters. The van der Waals surface area contributed by atoms with Crippen LogP contribution in [-0.2, 0) is 4.79 Å². The topological polar surface area (TPSA) is 37.3 Å². The Hall–Kier alpha value is -0.530. The Balaban J connectivity index is 1.91. The molecule has 4 rings (SSSR count). The molecule has 0 spiro atoms. The molecule has 0 heterocycles. The average Bonchev–Trinajstić information content (AvgIpc) is 2.12. The van der Waals surface area contributed by atoms with Gasteiger partial charge in [-0.05, 0) is 68.1 Å². The molecule has 4 bridgehead atoms. The van der Waals surface area contributed by atoms with Crippen LogP contribution in [0.25, 0.3) is 0 Å². The molecule has 96 valence electrons. The van der Waals surface area contributed by atoms with E-state index in [4.69, 9.17) is 0 Å². The Morgan fingerprint density at radius 2 is 1.82 bits per heavy atom. The number of hydrogen-bond acceptors (Lipinski definition) is 1. The molecule has 0 saturated heterocycles. The molecule has 0 radical (unpaired) electrons. The summed E-state index contributed by atoms with van der Waals surface area (Å²) in [6, 6.07) is 0. The normalized spacial score (nSPS) is 47.7. The van der Waals surface area contributed by atoms with Crippen LogP contribution in [0, 0.1) is 28.6 Å². The Bertz CT molecular complexity index is 325. The number of carboxylic acids is 1. The summed E-state index contributed by atoms with van der Waals surface area (Å²) in [7, 11) is 0. The molecule has 4 fully saturated rings. The lowest BCUT2D eigenvalue weighted by Crippen LogP contribution is -2.55. The molecule has 2 nitrogen and oxygen atoms in total. The molecule has 0 aromatic carbocycles. The third kappa shape index (κ3) is 1.71. The molecule has 0 aliphatic heterocycles. The maximum Gasteiger partial charge on any atom is 0.309 e. The maximum absolute atomic E-state index is 11.7. The quantitative estimate of drug-likeness (QED) is 0.811. The van der Waals surface area contributed by atoms with Gasteiger partial charge in [0.15, 0.2) is 0 Å². The van der Waals surface area contributed by atoms with Gasteiger partial charge < -0.3 is 5.11 Å². The van der Waals surface area contributed by atoms with E-state index in [1.54, 1.807) is 0 Å². The van der Waals surface area contributed by atoms with Crippen molar-refractivity contribution in [3.8, 4) is 0 Å². The van der Waals surface area contributed by atoms with Gasteiger partial charge in [-0.15, -0.1) is 0 Å². The SMILES string of the molecule is CC(C)CC12CC3CC(C1)CC(C(=O)O)(C3)C2. The fourth-order valence-corrected chi connectivity index (χ4v) is 5.81. The fraction of sp³-hybridized carbons (Fsp3) is 0.933. The van der Waals surface area contributed by atoms with Crippen LogP contribution in [0.1, 0.15) is 58.8 Å². The average molecular weight is 236 g/mol. The minimum Gasteiger partial charge on any atom is -0.481 e. The highest BCUT2D eigenvalue weighted by Gasteiger charge is 2.60. The first-order chi connectivity index (χ1) is 7.93. The van der Waals surface area contributed by atoms with E-state index >= 15 is 0 Å². The second-order valence-electron chi connectivity index (χ2n) is 7.64. The lowest BCUT2D eigenvalue weighted by Gasteiger charge is -2.61. The summed E-state index contributed by atoms with van der Waals surface area (Å²) in [6.45, 7) is 4.57. The van der Waals surface area contributed by atoms with Crippen LogP contribution < -0.4 is 0 Å². The Kier molecular flexibility index (Phi) is 2.37. The van der Waals surface area contributed by atoms with Crippen LogP contribution in [0.5, 0.6) is 0 Å². The van der Waals surface area contributed by atoms with E-state index < -0.39 is 5.97 Å². The van der Waals surface area contributed by atoms with Crippen LogP contribution in [-0.4, -0.2) is 11.1 Å². The number of aliphatic carboxylic acids is 1. The van der Waals surface area contributed by atoms with Gasteiger partial charge >= 0.3 is 5.97 Å². The molecule has 4 aliphatic rings. The monoisotopic (exact) mass is 236 g/mol. The molecule has 0 aromatic rings. The lowest BCUT2D eigenvalue weighted by molar-refractivity contribution is -0.176. The molecule has 1 N–H and O–H groups in total. The highest BCUT2D eigenvalue weighted by molar-refractivity contribution is 5.75. The second kappa shape index (κ2) is 3.49. The fourth-order valence-electron chi connectivity index (χ4n) is 5.81. The van der Waals surface area contributed by atoms with Gasteiger partial charge in [0.25, 0.3) is 0 Å². The van der Waals surface area contributed by atoms with E-state index in [9.17, 15) is 9.90 Å². The van der Waals surface area contributed by atoms with Gasteiger partial charge in [0.05, 0.1) is 5.41 Å². The Morgan fingerprint density at radius 3 is 2.29 bits per heavy atom. The predicted octanol–water partition coefficient (Wildman–Crippen LogP) is 3.70. The summed E-state index contributed by atoms with van der Waals surface area (Å²) < 4.78 is 0. The second-order valence-corrected chi connectivity index (χ2v) is 7.64. The first-order valence-corrected chi connectivity index (χ1v) is 7.17. The van der Waals surface area contributed by atoms with Gasteiger partial charge in [-0.1, -0.05) is 13.8 Å². The summed E-state index contributed by atoms with van der Waals surface area (Å²) >= 11 is 0. The van der Waals surface area contributed by atoms with Crippen LogP contribution in [0.2, 0.25) is 0 Å². The molecule has 17 heavy (non-hydrogen) atoms. The van der Waals surface area contributed by atoms with Crippen LogP contribution in [0.3, 0.4) is 0 Å². The van der Waals surface area contributed by atoms with Crippen LogP contribution in [0.15, 0.2) is 0 Å². The molecule has 0 aromatic heterocycles. The first kappa shape index (κ1) is 11.6. The van der Waals surface area contributed by atoms with Crippen molar-refractivity contribution in [2.75, 3.05) is 0 Å². The minimum atomic E-state index is -0.500. The number of hydrogen-bond donors (Lipinski definition) is 1. The molecule has 4 aliphatic carbocycles. The maximum atomic E-state index is 11.7. The third-order valence-corrected chi connectivity index (χ3v) is 5.48. The van der Waals surface area contributed by atoms with Crippen molar-refractivity contribution in [2.45, 2.75) is 58.8 Å². The molecule has 2 heteroatoms. The minimum absolute atomic E-state index is 0.334. The van der Waals surface area contributed by atoms with Gasteiger partial charge in [0, 0.05) is 0 Å². The summed E-state index contributed by atoms with van der Waals surface area (Å²) in [5.74, 6) is 1.63. The third-order valence-electron chi connectivity index (χ3n) is 5.48. The van der Waals surface area contributed by atoms with E-state index in [0.717, 1.165) is 19.3 Å². The molecule has 0 amide bonds. The molecule has 2 unspecified atom stereocenters. The van der Waals surface area contributed by atoms with Crippen molar-refractivity contribution < 1.29 is 9.90 Å². The zero-order chi connectivity index (χ0) is 12.3. The van der Waals surface area contributed by atoms with Gasteiger partial charge in [-0.2, -0.15) is 0 Å². The van der Waals surface area contributed by atoms with Gasteiger partial charge in [-0.25, -0.2) is 0 Å². The van der Waals surface area contributed by atoms with E-state index in [0.29, 0.717) is 23.2 Å². The van der Waals surface area contributed by atoms with Gasteiger partial charge in [0.1, 0.15) is 0 Å². The zero-order valence-electron chi connectivity index (χ0n) is 11.0. The summed E-state index contributed by atoms with van der Waals surface area (Å²) in [4.78, 5) is 11.7.